The Kier molecular flexibility index (Phi) is 3.20. The van der Waals surface area contributed by atoms with E-state index in [0.29, 0.717) is 11.1 Å². The molecule has 0 atom stereocenters. The van der Waals surface area contributed by atoms with Gasteiger partial charge in [-0.1, -0.05) is 12.1 Å². The number of carboxylic acids is 2. The van der Waals surface area contributed by atoms with Gasteiger partial charge in [-0.05, 0) is 41.5 Å². The summed E-state index contributed by atoms with van der Waals surface area (Å²) in [5.41, 5.74) is 1.02. The van der Waals surface area contributed by atoms with Crippen molar-refractivity contribution in [2.75, 3.05) is 0 Å². The Bertz CT molecular complexity index is 643. The number of phenols is 1. The summed E-state index contributed by atoms with van der Waals surface area (Å²) < 4.78 is 0. The summed E-state index contributed by atoms with van der Waals surface area (Å²) in [4.78, 5) is 21.8. The van der Waals surface area contributed by atoms with Crippen LogP contribution in [0.15, 0.2) is 42.5 Å². The van der Waals surface area contributed by atoms with Crippen molar-refractivity contribution in [3.05, 3.63) is 53.6 Å². The summed E-state index contributed by atoms with van der Waals surface area (Å²) in [5.74, 6) is -2.22. The molecule has 5 heteroatoms. The highest BCUT2D eigenvalue weighted by Crippen LogP contribution is 2.28. The summed E-state index contributed by atoms with van der Waals surface area (Å²) in [6.07, 6.45) is 0. The predicted molar refractivity (Wildman–Crippen MR) is 67.5 cm³/mol. The topological polar surface area (TPSA) is 94.8 Å². The first-order valence-corrected chi connectivity index (χ1v) is 5.39. The van der Waals surface area contributed by atoms with Crippen LogP contribution < -0.4 is 0 Å². The van der Waals surface area contributed by atoms with Gasteiger partial charge in [0.2, 0.25) is 0 Å². The molecule has 2 rings (SSSR count). The van der Waals surface area contributed by atoms with Gasteiger partial charge in [0.05, 0.1) is 11.1 Å². The highest BCUT2D eigenvalue weighted by molar-refractivity contribution is 5.97. The van der Waals surface area contributed by atoms with Crippen LogP contribution in [0.2, 0.25) is 0 Å². The molecule has 0 saturated carbocycles. The van der Waals surface area contributed by atoms with Crippen molar-refractivity contribution in [3.63, 3.8) is 0 Å². The molecule has 0 aromatic heterocycles. The zero-order valence-corrected chi connectivity index (χ0v) is 9.70. The Morgan fingerprint density at radius 3 is 2.00 bits per heavy atom. The molecule has 0 heterocycles. The second kappa shape index (κ2) is 4.81. The molecular weight excluding hydrogens is 248 g/mol. The first kappa shape index (κ1) is 12.6. The number of benzene rings is 2. The van der Waals surface area contributed by atoms with Gasteiger partial charge in [0, 0.05) is 0 Å². The summed E-state index contributed by atoms with van der Waals surface area (Å²) in [5, 5.41) is 27.3. The third-order valence-electron chi connectivity index (χ3n) is 2.68. The molecule has 0 bridgehead atoms. The fourth-order valence-electron chi connectivity index (χ4n) is 1.75. The molecule has 3 N–H and O–H groups in total. The molecule has 5 nitrogen and oxygen atoms in total. The molecule has 0 amide bonds. The summed E-state index contributed by atoms with van der Waals surface area (Å²) in [6, 6.07) is 9.70. The standard InChI is InChI=1S/C14H10O5/c15-10-5-6-11(14(18)19)12(7-10)8-1-3-9(4-2-8)13(16)17/h1-7,15H,(H,16,17)(H,18,19). The Morgan fingerprint density at radius 2 is 1.47 bits per heavy atom. The fourth-order valence-corrected chi connectivity index (χ4v) is 1.75. The monoisotopic (exact) mass is 258 g/mol. The van der Waals surface area contributed by atoms with Crippen molar-refractivity contribution in [2.45, 2.75) is 0 Å². The minimum Gasteiger partial charge on any atom is -0.508 e. The Hall–Kier alpha value is -2.82. The highest BCUT2D eigenvalue weighted by Gasteiger charge is 2.13. The van der Waals surface area contributed by atoms with Gasteiger partial charge in [-0.15, -0.1) is 0 Å². The quantitative estimate of drug-likeness (QED) is 0.786. The molecule has 19 heavy (non-hydrogen) atoms. The lowest BCUT2D eigenvalue weighted by atomic mass is 9.98. The molecular formula is C14H10O5. The smallest absolute Gasteiger partial charge is 0.336 e. The van der Waals surface area contributed by atoms with Crippen LogP contribution in [0.3, 0.4) is 0 Å². The summed E-state index contributed by atoms with van der Waals surface area (Å²) >= 11 is 0. The van der Waals surface area contributed by atoms with E-state index in [2.05, 4.69) is 0 Å². The van der Waals surface area contributed by atoms with E-state index in [0.717, 1.165) is 0 Å². The molecule has 0 radical (unpaired) electrons. The van der Waals surface area contributed by atoms with Crippen molar-refractivity contribution in [1.82, 2.24) is 0 Å². The molecule has 0 saturated heterocycles. The Balaban J connectivity index is 2.54. The van der Waals surface area contributed by atoms with Gasteiger partial charge in [-0.3, -0.25) is 0 Å². The third-order valence-corrected chi connectivity index (χ3v) is 2.68. The van der Waals surface area contributed by atoms with E-state index in [1.165, 1.54) is 42.5 Å². The number of aromatic carboxylic acids is 2. The van der Waals surface area contributed by atoms with Crippen LogP contribution in [0, 0.1) is 0 Å². The lowest BCUT2D eigenvalue weighted by molar-refractivity contribution is 0.0686. The van der Waals surface area contributed by atoms with Crippen molar-refractivity contribution in [1.29, 1.82) is 0 Å². The SMILES string of the molecule is O=C(O)c1ccc(-c2cc(O)ccc2C(=O)O)cc1. The van der Waals surface area contributed by atoms with Gasteiger partial charge in [-0.25, -0.2) is 9.59 Å². The Labute approximate surface area is 108 Å². The minimum atomic E-state index is -1.11. The maximum absolute atomic E-state index is 11.1. The van der Waals surface area contributed by atoms with Crippen LogP contribution in [0.25, 0.3) is 11.1 Å². The van der Waals surface area contributed by atoms with E-state index in [9.17, 15) is 14.7 Å². The van der Waals surface area contributed by atoms with Crippen molar-refractivity contribution < 1.29 is 24.9 Å². The molecule has 0 aliphatic rings. The van der Waals surface area contributed by atoms with E-state index < -0.39 is 11.9 Å². The number of phenolic OH excluding ortho intramolecular Hbond substituents is 1. The average molecular weight is 258 g/mol. The second-order valence-electron chi connectivity index (χ2n) is 3.92. The number of rotatable bonds is 3. The molecule has 96 valence electrons. The van der Waals surface area contributed by atoms with Gasteiger partial charge in [0.1, 0.15) is 5.75 Å². The molecule has 0 fully saturated rings. The van der Waals surface area contributed by atoms with Gasteiger partial charge >= 0.3 is 11.9 Å². The minimum absolute atomic E-state index is 0.0425. The molecule has 0 aliphatic heterocycles. The molecule has 2 aromatic carbocycles. The van der Waals surface area contributed by atoms with Crippen LogP contribution in [0.5, 0.6) is 5.75 Å². The number of carboxylic acid groups (broad SMARTS) is 2. The van der Waals surface area contributed by atoms with E-state index in [1.807, 2.05) is 0 Å². The van der Waals surface area contributed by atoms with Gasteiger partial charge < -0.3 is 15.3 Å². The summed E-state index contributed by atoms with van der Waals surface area (Å²) in [6.45, 7) is 0. The van der Waals surface area contributed by atoms with E-state index >= 15 is 0 Å². The molecule has 0 unspecified atom stereocenters. The van der Waals surface area contributed by atoms with E-state index in [1.54, 1.807) is 0 Å². The number of hydrogen-bond donors (Lipinski definition) is 3. The number of hydrogen-bond acceptors (Lipinski definition) is 3. The Morgan fingerprint density at radius 1 is 0.842 bits per heavy atom. The van der Waals surface area contributed by atoms with Crippen LogP contribution in [-0.2, 0) is 0 Å². The van der Waals surface area contributed by atoms with Gasteiger partial charge in [0.15, 0.2) is 0 Å². The van der Waals surface area contributed by atoms with Crippen LogP contribution in [0.4, 0.5) is 0 Å². The van der Waals surface area contributed by atoms with Crippen molar-refractivity contribution >= 4 is 11.9 Å². The fraction of sp³-hybridized carbons (Fsp3) is 0. The third kappa shape index (κ3) is 2.55. The average Bonchev–Trinajstić information content (AvgIpc) is 2.38. The zero-order valence-electron chi connectivity index (χ0n) is 9.70. The normalized spacial score (nSPS) is 10.1. The van der Waals surface area contributed by atoms with Crippen molar-refractivity contribution in [2.24, 2.45) is 0 Å². The second-order valence-corrected chi connectivity index (χ2v) is 3.92. The van der Waals surface area contributed by atoms with Gasteiger partial charge in [-0.2, -0.15) is 0 Å². The number of carbonyl (C=O) groups is 2. The first-order valence-electron chi connectivity index (χ1n) is 5.39. The van der Waals surface area contributed by atoms with E-state index in [4.69, 9.17) is 10.2 Å². The molecule has 2 aromatic rings. The van der Waals surface area contributed by atoms with Crippen LogP contribution in [0.1, 0.15) is 20.7 Å². The maximum atomic E-state index is 11.1. The molecule has 0 spiro atoms. The van der Waals surface area contributed by atoms with E-state index in [-0.39, 0.29) is 16.9 Å². The molecule has 0 aliphatic carbocycles. The lowest BCUT2D eigenvalue weighted by Gasteiger charge is -2.07. The predicted octanol–water partition coefficient (Wildman–Crippen LogP) is 2.46. The largest absolute Gasteiger partial charge is 0.508 e. The zero-order chi connectivity index (χ0) is 14.0. The van der Waals surface area contributed by atoms with Gasteiger partial charge in [0.25, 0.3) is 0 Å². The van der Waals surface area contributed by atoms with Crippen molar-refractivity contribution in [3.8, 4) is 16.9 Å². The van der Waals surface area contributed by atoms with Crippen LogP contribution >= 0.6 is 0 Å². The number of aromatic hydroxyl groups is 1. The first-order chi connectivity index (χ1) is 8.99. The lowest BCUT2D eigenvalue weighted by Crippen LogP contribution is -2.00. The maximum Gasteiger partial charge on any atom is 0.336 e. The summed E-state index contributed by atoms with van der Waals surface area (Å²) in [7, 11) is 0. The van der Waals surface area contributed by atoms with Crippen LogP contribution in [-0.4, -0.2) is 27.3 Å². The highest BCUT2D eigenvalue weighted by atomic mass is 16.4.